The Morgan fingerprint density at radius 3 is 2.30 bits per heavy atom. The molecule has 6 heteroatoms. The fraction of sp³-hybridized carbons (Fsp3) is 0.214. The molecule has 2 rings (SSSR count). The van der Waals surface area contributed by atoms with Crippen LogP contribution < -0.4 is 0 Å². The summed E-state index contributed by atoms with van der Waals surface area (Å²) in [6, 6.07) is 3.92. The van der Waals surface area contributed by atoms with Gasteiger partial charge in [0.1, 0.15) is 5.82 Å². The van der Waals surface area contributed by atoms with Crippen molar-refractivity contribution in [2.75, 3.05) is 0 Å². The molecule has 1 aromatic carbocycles. The van der Waals surface area contributed by atoms with E-state index in [-0.39, 0.29) is 5.56 Å². The highest BCUT2D eigenvalue weighted by molar-refractivity contribution is 7.14. The molecule has 2 aromatic rings. The summed E-state index contributed by atoms with van der Waals surface area (Å²) in [5.41, 5.74) is -0.690. The van der Waals surface area contributed by atoms with Crippen LogP contribution in [0.4, 0.5) is 17.6 Å². The largest absolute Gasteiger partial charge is 0.419 e. The van der Waals surface area contributed by atoms with Crippen LogP contribution in [0.2, 0.25) is 0 Å². The topological polar surface area (TPSA) is 17.1 Å². The predicted octanol–water partition coefficient (Wildman–Crippen LogP) is 4.75. The van der Waals surface area contributed by atoms with Gasteiger partial charge in [-0.25, -0.2) is 4.39 Å². The second-order valence-electron chi connectivity index (χ2n) is 4.37. The number of benzene rings is 1. The summed E-state index contributed by atoms with van der Waals surface area (Å²) in [6.07, 6.45) is -4.82. The van der Waals surface area contributed by atoms with Crippen LogP contribution in [0.1, 0.15) is 31.2 Å². The molecule has 0 unspecified atom stereocenters. The normalized spacial score (nSPS) is 11.7. The third-order valence-electron chi connectivity index (χ3n) is 2.92. The van der Waals surface area contributed by atoms with Crippen LogP contribution in [0.3, 0.4) is 0 Å². The Morgan fingerprint density at radius 2 is 1.80 bits per heavy atom. The van der Waals surface area contributed by atoms with Crippen LogP contribution >= 0.6 is 11.3 Å². The molecule has 0 bridgehead atoms. The van der Waals surface area contributed by atoms with Gasteiger partial charge in [0.05, 0.1) is 10.4 Å². The van der Waals surface area contributed by atoms with E-state index >= 15 is 0 Å². The lowest BCUT2D eigenvalue weighted by Crippen LogP contribution is -2.10. The van der Waals surface area contributed by atoms with Gasteiger partial charge in [0.25, 0.3) is 0 Å². The van der Waals surface area contributed by atoms with Crippen molar-refractivity contribution in [1.29, 1.82) is 0 Å². The number of rotatable bonds is 2. The van der Waals surface area contributed by atoms with Crippen molar-refractivity contribution >= 4 is 17.1 Å². The Balaban J connectivity index is 2.46. The van der Waals surface area contributed by atoms with Gasteiger partial charge < -0.3 is 0 Å². The number of hydrogen-bond acceptors (Lipinski definition) is 2. The lowest BCUT2D eigenvalue weighted by atomic mass is 10.0. The molecule has 0 aliphatic rings. The molecule has 0 aliphatic carbocycles. The minimum Gasteiger partial charge on any atom is -0.288 e. The average Bonchev–Trinajstić information content (AvgIpc) is 2.68. The van der Waals surface area contributed by atoms with Gasteiger partial charge in [0, 0.05) is 10.4 Å². The highest BCUT2D eigenvalue weighted by atomic mass is 32.1. The molecule has 0 amide bonds. The Hall–Kier alpha value is -1.69. The third-order valence-corrected chi connectivity index (χ3v) is 4.08. The molecule has 0 radical (unpaired) electrons. The Labute approximate surface area is 116 Å². The van der Waals surface area contributed by atoms with E-state index in [9.17, 15) is 22.4 Å². The molecule has 0 N–H and O–H groups in total. The number of halogens is 4. The lowest BCUT2D eigenvalue weighted by molar-refractivity contribution is -0.140. The zero-order valence-corrected chi connectivity index (χ0v) is 11.5. The highest BCUT2D eigenvalue weighted by Gasteiger charge is 2.34. The highest BCUT2D eigenvalue weighted by Crippen LogP contribution is 2.33. The summed E-state index contributed by atoms with van der Waals surface area (Å²) in [4.78, 5) is 13.4. The van der Waals surface area contributed by atoms with Crippen molar-refractivity contribution in [1.82, 2.24) is 0 Å². The number of carbonyl (C=O) groups is 1. The molecular formula is C14H10F4OS. The lowest BCUT2D eigenvalue weighted by Gasteiger charge is -2.09. The van der Waals surface area contributed by atoms with Gasteiger partial charge in [0.2, 0.25) is 5.78 Å². The molecule has 20 heavy (non-hydrogen) atoms. The van der Waals surface area contributed by atoms with Crippen molar-refractivity contribution in [2.24, 2.45) is 0 Å². The van der Waals surface area contributed by atoms with Crippen LogP contribution in [0.5, 0.6) is 0 Å². The molecule has 0 saturated carbocycles. The van der Waals surface area contributed by atoms with Gasteiger partial charge in [-0.3, -0.25) is 4.79 Å². The number of hydrogen-bond donors (Lipinski definition) is 0. The van der Waals surface area contributed by atoms with E-state index < -0.39 is 23.3 Å². The average molecular weight is 302 g/mol. The van der Waals surface area contributed by atoms with Crippen LogP contribution in [-0.4, -0.2) is 5.78 Å². The van der Waals surface area contributed by atoms with E-state index in [1.54, 1.807) is 6.07 Å². The summed E-state index contributed by atoms with van der Waals surface area (Å²) in [5, 5.41) is 0. The number of alkyl halides is 3. The van der Waals surface area contributed by atoms with E-state index in [1.165, 1.54) is 11.3 Å². The Bertz CT molecular complexity index is 651. The second kappa shape index (κ2) is 5.01. The summed E-state index contributed by atoms with van der Waals surface area (Å²) < 4.78 is 51.0. The minimum atomic E-state index is -4.82. The van der Waals surface area contributed by atoms with Crippen LogP contribution in [-0.2, 0) is 6.18 Å². The van der Waals surface area contributed by atoms with Crippen molar-refractivity contribution in [2.45, 2.75) is 20.0 Å². The van der Waals surface area contributed by atoms with Crippen LogP contribution in [0.25, 0.3) is 0 Å². The maximum atomic E-state index is 13.2. The smallest absolute Gasteiger partial charge is 0.288 e. The fourth-order valence-electron chi connectivity index (χ4n) is 1.71. The van der Waals surface area contributed by atoms with Gasteiger partial charge in [-0.15, -0.1) is 11.3 Å². The maximum absolute atomic E-state index is 13.2. The molecular weight excluding hydrogens is 292 g/mol. The zero-order valence-electron chi connectivity index (χ0n) is 10.6. The van der Waals surface area contributed by atoms with Crippen molar-refractivity contribution < 1.29 is 22.4 Å². The molecule has 106 valence electrons. The van der Waals surface area contributed by atoms with E-state index in [0.29, 0.717) is 17.0 Å². The van der Waals surface area contributed by atoms with E-state index in [0.717, 1.165) is 16.5 Å². The standard InChI is InChI=1S/C14H10F4OS/c1-7-5-12(20-8(7)2)13(19)9-3-4-11(15)10(6-9)14(16,17)18/h3-6H,1-2H3. The van der Waals surface area contributed by atoms with Crippen molar-refractivity contribution in [3.63, 3.8) is 0 Å². The molecule has 1 heterocycles. The summed E-state index contributed by atoms with van der Waals surface area (Å²) in [7, 11) is 0. The molecule has 0 atom stereocenters. The van der Waals surface area contributed by atoms with Gasteiger partial charge in [-0.2, -0.15) is 13.2 Å². The van der Waals surface area contributed by atoms with Gasteiger partial charge in [0.15, 0.2) is 0 Å². The van der Waals surface area contributed by atoms with Gasteiger partial charge >= 0.3 is 6.18 Å². The Kier molecular flexibility index (Phi) is 3.69. The monoisotopic (exact) mass is 302 g/mol. The quantitative estimate of drug-likeness (QED) is 0.578. The van der Waals surface area contributed by atoms with Gasteiger partial charge in [-0.1, -0.05) is 0 Å². The first-order chi connectivity index (χ1) is 9.20. The number of ketones is 1. The zero-order chi connectivity index (χ0) is 15.1. The SMILES string of the molecule is Cc1cc(C(=O)c2ccc(F)c(C(F)(F)F)c2)sc1C. The van der Waals surface area contributed by atoms with Crippen LogP contribution in [0.15, 0.2) is 24.3 Å². The molecule has 0 saturated heterocycles. The Morgan fingerprint density at radius 1 is 1.15 bits per heavy atom. The number of thiophene rings is 1. The first-order valence-corrected chi connectivity index (χ1v) is 6.50. The number of carbonyl (C=O) groups excluding carboxylic acids is 1. The second-order valence-corrected chi connectivity index (χ2v) is 5.63. The fourth-order valence-corrected chi connectivity index (χ4v) is 2.71. The molecule has 1 aromatic heterocycles. The first-order valence-electron chi connectivity index (χ1n) is 5.68. The van der Waals surface area contributed by atoms with E-state index in [1.807, 2.05) is 13.8 Å². The minimum absolute atomic E-state index is 0.167. The summed E-state index contributed by atoms with van der Waals surface area (Å²) >= 11 is 1.21. The molecule has 0 fully saturated rings. The molecule has 0 spiro atoms. The third kappa shape index (κ3) is 2.75. The molecule has 0 aliphatic heterocycles. The molecule has 1 nitrogen and oxygen atoms in total. The maximum Gasteiger partial charge on any atom is 0.419 e. The summed E-state index contributed by atoms with van der Waals surface area (Å²) in [5.74, 6) is -1.91. The van der Waals surface area contributed by atoms with Crippen molar-refractivity contribution in [3.05, 3.63) is 56.5 Å². The van der Waals surface area contributed by atoms with E-state index in [2.05, 4.69) is 0 Å². The van der Waals surface area contributed by atoms with E-state index in [4.69, 9.17) is 0 Å². The van der Waals surface area contributed by atoms with Crippen LogP contribution in [0, 0.1) is 19.7 Å². The first kappa shape index (κ1) is 14.7. The van der Waals surface area contributed by atoms with Crippen molar-refractivity contribution in [3.8, 4) is 0 Å². The summed E-state index contributed by atoms with van der Waals surface area (Å²) in [6.45, 7) is 3.64. The number of aryl methyl sites for hydroxylation is 2. The van der Waals surface area contributed by atoms with Gasteiger partial charge in [-0.05, 0) is 43.7 Å². The predicted molar refractivity (Wildman–Crippen MR) is 68.6 cm³/mol.